The van der Waals surface area contributed by atoms with E-state index in [0.717, 1.165) is 22.9 Å². The Morgan fingerprint density at radius 1 is 1.15 bits per heavy atom. The largest absolute Gasteiger partial charge is 0.352 e. The first-order valence-corrected chi connectivity index (χ1v) is 11.3. The molecule has 170 valence electrons. The number of aryl methyl sites for hydroxylation is 1. The van der Waals surface area contributed by atoms with Gasteiger partial charge in [0, 0.05) is 37.2 Å². The first kappa shape index (κ1) is 21.2. The van der Waals surface area contributed by atoms with Crippen molar-refractivity contribution >= 4 is 17.5 Å². The van der Waals surface area contributed by atoms with E-state index >= 15 is 0 Å². The van der Waals surface area contributed by atoms with E-state index in [2.05, 4.69) is 30.8 Å². The topological polar surface area (TPSA) is 83.4 Å². The van der Waals surface area contributed by atoms with E-state index in [0.29, 0.717) is 25.2 Å². The van der Waals surface area contributed by atoms with Gasteiger partial charge in [-0.1, -0.05) is 6.07 Å². The quantitative estimate of drug-likeness (QED) is 0.669. The molecule has 1 saturated heterocycles. The molecule has 0 aromatic carbocycles. The van der Waals surface area contributed by atoms with Crippen molar-refractivity contribution in [2.24, 2.45) is 0 Å². The van der Waals surface area contributed by atoms with E-state index < -0.39 is 5.54 Å². The van der Waals surface area contributed by atoms with Crippen molar-refractivity contribution in [3.63, 3.8) is 0 Å². The lowest BCUT2D eigenvalue weighted by molar-refractivity contribution is -0.120. The fourth-order valence-corrected chi connectivity index (χ4v) is 5.07. The molecular weight excluding hydrogens is 416 g/mol. The zero-order valence-corrected chi connectivity index (χ0v) is 19.2. The number of hydrogen-bond donors (Lipinski definition) is 1. The second-order valence-corrected chi connectivity index (χ2v) is 9.09. The first-order chi connectivity index (χ1) is 15.9. The summed E-state index contributed by atoms with van der Waals surface area (Å²) in [6, 6.07) is 13.5. The number of rotatable bonds is 4. The van der Waals surface area contributed by atoms with Crippen LogP contribution in [0.4, 0.5) is 5.69 Å². The Balaban J connectivity index is 1.55. The number of hydrogen-bond acceptors (Lipinski definition) is 5. The molecule has 8 heteroatoms. The predicted molar refractivity (Wildman–Crippen MR) is 125 cm³/mol. The summed E-state index contributed by atoms with van der Waals surface area (Å²) >= 11 is 0. The Hall–Kier alpha value is -3.68. The molecule has 0 saturated carbocycles. The molecule has 3 aromatic rings. The molecule has 5 rings (SSSR count). The fourth-order valence-electron chi connectivity index (χ4n) is 5.07. The van der Waals surface area contributed by atoms with Gasteiger partial charge in [0.25, 0.3) is 5.91 Å². The number of nitrogens with one attached hydrogen (secondary N) is 1. The minimum atomic E-state index is -0.534. The molecule has 1 atom stereocenters. The number of anilines is 1. The highest BCUT2D eigenvalue weighted by molar-refractivity contribution is 5.93. The van der Waals surface area contributed by atoms with Crippen LogP contribution in [0.2, 0.25) is 0 Å². The summed E-state index contributed by atoms with van der Waals surface area (Å²) in [6.45, 7) is 7.03. The fraction of sp³-hybridized carbons (Fsp3) is 0.360. The molecule has 8 nitrogen and oxygen atoms in total. The standard InChI is InChI=1S/C25H28N6O2/c1-17(2)27-22(32)15-31-20-9-5-12-26-23(20)30-13-6-10-21(30)25(31)11-14-29(16-25)24(33)19-8-4-7-18(3)28-19/h4-10,12-13,17H,11,14-16H2,1-3H3,(H,27,32)/t25-/m1/s1. The number of likely N-dealkylation sites (tertiary alicyclic amines) is 1. The number of fused-ring (bicyclic) bond motifs is 4. The zero-order valence-electron chi connectivity index (χ0n) is 19.2. The summed E-state index contributed by atoms with van der Waals surface area (Å²) in [6.07, 6.45) is 4.47. The smallest absolute Gasteiger partial charge is 0.272 e. The van der Waals surface area contributed by atoms with Gasteiger partial charge in [0.05, 0.1) is 17.9 Å². The van der Waals surface area contributed by atoms with Gasteiger partial charge in [0.1, 0.15) is 11.2 Å². The Kier molecular flexibility index (Phi) is 5.15. The van der Waals surface area contributed by atoms with Crippen LogP contribution in [0.3, 0.4) is 0 Å². The minimum Gasteiger partial charge on any atom is -0.352 e. The van der Waals surface area contributed by atoms with Crippen molar-refractivity contribution in [1.29, 1.82) is 0 Å². The molecule has 0 aliphatic carbocycles. The van der Waals surface area contributed by atoms with Crippen LogP contribution in [0.15, 0.2) is 54.9 Å². The molecule has 2 aliphatic heterocycles. The monoisotopic (exact) mass is 444 g/mol. The highest BCUT2D eigenvalue weighted by Gasteiger charge is 2.51. The summed E-state index contributed by atoms with van der Waals surface area (Å²) in [5.74, 6) is 0.659. The maximum absolute atomic E-state index is 13.3. The Labute approximate surface area is 193 Å². The van der Waals surface area contributed by atoms with Crippen LogP contribution in [0.5, 0.6) is 0 Å². The van der Waals surface area contributed by atoms with Gasteiger partial charge in [-0.15, -0.1) is 0 Å². The minimum absolute atomic E-state index is 0.0459. The van der Waals surface area contributed by atoms with Crippen LogP contribution < -0.4 is 10.2 Å². The average molecular weight is 445 g/mol. The molecule has 1 N–H and O–H groups in total. The molecule has 1 spiro atoms. The molecule has 3 aromatic heterocycles. The third-order valence-corrected chi connectivity index (χ3v) is 6.42. The molecule has 0 unspecified atom stereocenters. The van der Waals surface area contributed by atoms with E-state index in [1.807, 2.05) is 62.2 Å². The van der Waals surface area contributed by atoms with Crippen molar-refractivity contribution in [1.82, 2.24) is 24.8 Å². The predicted octanol–water partition coefficient (Wildman–Crippen LogP) is 2.66. The number of carbonyl (C=O) groups is 2. The van der Waals surface area contributed by atoms with Crippen molar-refractivity contribution in [3.05, 3.63) is 71.9 Å². The summed E-state index contributed by atoms with van der Waals surface area (Å²) in [7, 11) is 0. The third-order valence-electron chi connectivity index (χ3n) is 6.42. The molecule has 0 bridgehead atoms. The molecule has 5 heterocycles. The number of amides is 2. The van der Waals surface area contributed by atoms with Crippen LogP contribution in [0.1, 0.15) is 42.1 Å². The lowest BCUT2D eigenvalue weighted by Gasteiger charge is -2.46. The Morgan fingerprint density at radius 2 is 2.00 bits per heavy atom. The second kappa shape index (κ2) is 8.03. The van der Waals surface area contributed by atoms with Gasteiger partial charge in [-0.2, -0.15) is 0 Å². The number of carbonyl (C=O) groups excluding carboxylic acids is 2. The summed E-state index contributed by atoms with van der Waals surface area (Å²) in [4.78, 5) is 39.3. The van der Waals surface area contributed by atoms with E-state index in [9.17, 15) is 9.59 Å². The van der Waals surface area contributed by atoms with Crippen LogP contribution >= 0.6 is 0 Å². The van der Waals surface area contributed by atoms with E-state index in [1.54, 1.807) is 12.3 Å². The van der Waals surface area contributed by atoms with Crippen LogP contribution in [-0.2, 0) is 10.3 Å². The van der Waals surface area contributed by atoms with Crippen molar-refractivity contribution in [2.45, 2.75) is 38.8 Å². The van der Waals surface area contributed by atoms with Gasteiger partial charge in [-0.3, -0.25) is 9.59 Å². The molecular formula is C25H28N6O2. The van der Waals surface area contributed by atoms with Gasteiger partial charge < -0.3 is 19.7 Å². The second-order valence-electron chi connectivity index (χ2n) is 9.09. The van der Waals surface area contributed by atoms with Crippen molar-refractivity contribution in [3.8, 4) is 5.82 Å². The number of nitrogens with zero attached hydrogens (tertiary/aromatic N) is 5. The maximum Gasteiger partial charge on any atom is 0.272 e. The van der Waals surface area contributed by atoms with Gasteiger partial charge in [0.2, 0.25) is 5.91 Å². The average Bonchev–Trinajstić information content (AvgIpc) is 3.45. The lowest BCUT2D eigenvalue weighted by atomic mass is 9.88. The van der Waals surface area contributed by atoms with Gasteiger partial charge in [-0.25, -0.2) is 9.97 Å². The van der Waals surface area contributed by atoms with Crippen molar-refractivity contribution < 1.29 is 9.59 Å². The normalized spacial score (nSPS) is 19.0. The van der Waals surface area contributed by atoms with Gasteiger partial charge in [-0.05, 0) is 63.6 Å². The first-order valence-electron chi connectivity index (χ1n) is 11.3. The molecule has 2 aliphatic rings. The molecule has 33 heavy (non-hydrogen) atoms. The zero-order chi connectivity index (χ0) is 23.2. The summed E-state index contributed by atoms with van der Waals surface area (Å²) < 4.78 is 2.09. The third kappa shape index (κ3) is 3.55. The molecule has 1 fully saturated rings. The van der Waals surface area contributed by atoms with Crippen molar-refractivity contribution in [2.75, 3.05) is 24.5 Å². The molecule has 2 amide bonds. The Bertz CT molecular complexity index is 1220. The van der Waals surface area contributed by atoms with Crippen LogP contribution in [-0.4, -0.2) is 56.9 Å². The van der Waals surface area contributed by atoms with Crippen LogP contribution in [0, 0.1) is 6.92 Å². The number of pyridine rings is 2. The van der Waals surface area contributed by atoms with Crippen LogP contribution in [0.25, 0.3) is 5.82 Å². The SMILES string of the molecule is Cc1cccc(C(=O)N2CC[C@@]3(C2)c2cccn2-c2ncccc2N3CC(=O)NC(C)C)n1. The number of aromatic nitrogens is 3. The van der Waals surface area contributed by atoms with E-state index in [-0.39, 0.29) is 24.4 Å². The highest BCUT2D eigenvalue weighted by atomic mass is 16.2. The van der Waals surface area contributed by atoms with E-state index in [1.165, 1.54) is 0 Å². The maximum atomic E-state index is 13.3. The van der Waals surface area contributed by atoms with Gasteiger partial charge in [0.15, 0.2) is 5.82 Å². The summed E-state index contributed by atoms with van der Waals surface area (Å²) in [5.41, 5.74) is 2.66. The Morgan fingerprint density at radius 3 is 2.79 bits per heavy atom. The van der Waals surface area contributed by atoms with E-state index in [4.69, 9.17) is 0 Å². The summed E-state index contributed by atoms with van der Waals surface area (Å²) in [5, 5.41) is 3.01. The lowest BCUT2D eigenvalue weighted by Crippen LogP contribution is -2.56. The van der Waals surface area contributed by atoms with Gasteiger partial charge >= 0.3 is 0 Å². The highest BCUT2D eigenvalue weighted by Crippen LogP contribution is 2.47. The molecule has 0 radical (unpaired) electrons.